The highest BCUT2D eigenvalue weighted by atomic mass is 16.5. The fourth-order valence-electron chi connectivity index (χ4n) is 5.89. The van der Waals surface area contributed by atoms with Crippen LogP contribution in [0.2, 0.25) is 0 Å². The number of carbonyl (C=O) groups excluding carboxylic acids is 1. The van der Waals surface area contributed by atoms with Crippen LogP contribution in [-0.2, 0) is 22.2 Å². The second kappa shape index (κ2) is 9.98. The summed E-state index contributed by atoms with van der Waals surface area (Å²) in [6.07, 6.45) is 1.57. The molecule has 3 aromatic rings. The molecule has 4 heteroatoms. The monoisotopic (exact) mass is 496 g/mol. The molecule has 4 nitrogen and oxygen atoms in total. The molecule has 0 bridgehead atoms. The van der Waals surface area contributed by atoms with E-state index in [0.29, 0.717) is 0 Å². The Morgan fingerprint density at radius 1 is 0.973 bits per heavy atom. The van der Waals surface area contributed by atoms with Gasteiger partial charge in [-0.05, 0) is 80.1 Å². The van der Waals surface area contributed by atoms with Gasteiger partial charge in [-0.15, -0.1) is 0 Å². The van der Waals surface area contributed by atoms with E-state index < -0.39 is 6.10 Å². The fraction of sp³-hybridized carbons (Fsp3) is 0.424. The van der Waals surface area contributed by atoms with Crippen molar-refractivity contribution in [3.8, 4) is 5.75 Å². The summed E-state index contributed by atoms with van der Waals surface area (Å²) in [6, 6.07) is 25.3. The minimum absolute atomic E-state index is 0.00999. The smallest absolute Gasteiger partial charge is 0.267 e. The number of aryl methyl sites for hydroxylation is 1. The van der Waals surface area contributed by atoms with Crippen LogP contribution in [0.3, 0.4) is 0 Å². The van der Waals surface area contributed by atoms with Crippen molar-refractivity contribution in [2.45, 2.75) is 70.9 Å². The van der Waals surface area contributed by atoms with Gasteiger partial charge in [-0.3, -0.25) is 9.69 Å². The lowest BCUT2D eigenvalue weighted by molar-refractivity contribution is -0.124. The van der Waals surface area contributed by atoms with Crippen molar-refractivity contribution < 1.29 is 9.53 Å². The number of ether oxygens (including phenoxy) is 1. The van der Waals surface area contributed by atoms with Gasteiger partial charge >= 0.3 is 0 Å². The highest BCUT2D eigenvalue weighted by molar-refractivity contribution is 5.99. The Hall–Kier alpha value is -3.11. The molecule has 2 heterocycles. The summed E-state index contributed by atoms with van der Waals surface area (Å²) in [5.41, 5.74) is 6.58. The molecule has 1 spiro atoms. The molecule has 1 saturated heterocycles. The minimum Gasteiger partial charge on any atom is -0.481 e. The zero-order valence-electron chi connectivity index (χ0n) is 23.0. The molecule has 0 saturated carbocycles. The largest absolute Gasteiger partial charge is 0.481 e. The quantitative estimate of drug-likeness (QED) is 0.397. The number of amides is 1. The maximum absolute atomic E-state index is 13.6. The van der Waals surface area contributed by atoms with Crippen molar-refractivity contribution in [1.29, 1.82) is 0 Å². The van der Waals surface area contributed by atoms with Gasteiger partial charge in [0, 0.05) is 24.2 Å². The van der Waals surface area contributed by atoms with Crippen LogP contribution in [0.15, 0.2) is 72.8 Å². The number of nitrogens with zero attached hydrogens (tertiary/aromatic N) is 2. The van der Waals surface area contributed by atoms with Gasteiger partial charge in [-0.2, -0.15) is 0 Å². The van der Waals surface area contributed by atoms with Crippen LogP contribution in [0.4, 0.5) is 5.69 Å². The van der Waals surface area contributed by atoms with Crippen molar-refractivity contribution in [2.24, 2.45) is 0 Å². The molecule has 1 atom stereocenters. The van der Waals surface area contributed by atoms with E-state index in [1.807, 2.05) is 42.2 Å². The standard InChI is InChI=1S/C33H40N2O2/c1-24-11-16-30-29(21-24)33(23-35(30)31(36)25(2)37-28-9-7-6-8-10-28)17-19-34(20-18-33)22-26-12-14-27(15-13-26)32(3,4)5/h6-16,21,25H,17-20,22-23H2,1-5H3. The second-order valence-electron chi connectivity index (χ2n) is 12.0. The number of carbonyl (C=O) groups is 1. The van der Waals surface area contributed by atoms with E-state index >= 15 is 0 Å². The molecule has 37 heavy (non-hydrogen) atoms. The van der Waals surface area contributed by atoms with Crippen LogP contribution in [0.25, 0.3) is 0 Å². The first-order valence-corrected chi connectivity index (χ1v) is 13.6. The van der Waals surface area contributed by atoms with Gasteiger partial charge < -0.3 is 9.64 Å². The minimum atomic E-state index is -0.539. The first kappa shape index (κ1) is 25.5. The van der Waals surface area contributed by atoms with Crippen molar-refractivity contribution in [1.82, 2.24) is 4.90 Å². The third-order valence-electron chi connectivity index (χ3n) is 8.18. The first-order chi connectivity index (χ1) is 17.6. The SMILES string of the molecule is Cc1ccc2c(c1)C1(CCN(Cc3ccc(C(C)(C)C)cc3)CC1)CN2C(=O)C(C)Oc1ccccc1. The third-order valence-corrected chi connectivity index (χ3v) is 8.18. The molecule has 0 aliphatic carbocycles. The number of rotatable bonds is 5. The summed E-state index contributed by atoms with van der Waals surface area (Å²) in [7, 11) is 0. The number of piperidine rings is 1. The number of benzene rings is 3. The topological polar surface area (TPSA) is 32.8 Å². The van der Waals surface area contributed by atoms with Gasteiger partial charge in [0.2, 0.25) is 0 Å². The average molecular weight is 497 g/mol. The van der Waals surface area contributed by atoms with E-state index in [0.717, 1.165) is 50.5 Å². The number of hydrogen-bond donors (Lipinski definition) is 0. The molecular formula is C33H40N2O2. The summed E-state index contributed by atoms with van der Waals surface area (Å²) < 4.78 is 6.02. The van der Waals surface area contributed by atoms with Crippen molar-refractivity contribution >= 4 is 11.6 Å². The lowest BCUT2D eigenvalue weighted by atomic mass is 9.74. The summed E-state index contributed by atoms with van der Waals surface area (Å²) in [6.45, 7) is 14.6. The molecule has 5 rings (SSSR count). The Labute approximate surface area is 222 Å². The second-order valence-corrected chi connectivity index (χ2v) is 12.0. The van der Waals surface area contributed by atoms with Crippen LogP contribution in [0.5, 0.6) is 5.75 Å². The lowest BCUT2D eigenvalue weighted by Gasteiger charge is -2.40. The van der Waals surface area contributed by atoms with E-state index in [2.05, 4.69) is 75.1 Å². The molecule has 1 fully saturated rings. The number of hydrogen-bond acceptors (Lipinski definition) is 3. The summed E-state index contributed by atoms with van der Waals surface area (Å²) in [5.74, 6) is 0.762. The number of likely N-dealkylation sites (tertiary alicyclic amines) is 1. The van der Waals surface area contributed by atoms with Gasteiger partial charge in [0.05, 0.1) is 0 Å². The number of para-hydroxylation sites is 1. The maximum Gasteiger partial charge on any atom is 0.267 e. The molecule has 3 aromatic carbocycles. The molecule has 2 aliphatic heterocycles. The Morgan fingerprint density at radius 2 is 1.65 bits per heavy atom. The lowest BCUT2D eigenvalue weighted by Crippen LogP contribution is -2.47. The fourth-order valence-corrected chi connectivity index (χ4v) is 5.89. The molecule has 0 N–H and O–H groups in total. The Bertz CT molecular complexity index is 1240. The van der Waals surface area contributed by atoms with Crippen LogP contribution in [-0.4, -0.2) is 36.5 Å². The van der Waals surface area contributed by atoms with Gasteiger partial charge in [0.25, 0.3) is 5.91 Å². The van der Waals surface area contributed by atoms with E-state index in [1.54, 1.807) is 0 Å². The van der Waals surface area contributed by atoms with Gasteiger partial charge in [0.1, 0.15) is 5.75 Å². The number of anilines is 1. The van der Waals surface area contributed by atoms with E-state index in [1.165, 1.54) is 22.3 Å². The van der Waals surface area contributed by atoms with Crippen LogP contribution < -0.4 is 9.64 Å². The summed E-state index contributed by atoms with van der Waals surface area (Å²) >= 11 is 0. The van der Waals surface area contributed by atoms with E-state index in [-0.39, 0.29) is 16.7 Å². The normalized spacial score (nSPS) is 18.0. The maximum atomic E-state index is 13.6. The summed E-state index contributed by atoms with van der Waals surface area (Å²) in [5, 5.41) is 0. The van der Waals surface area contributed by atoms with Crippen molar-refractivity contribution in [2.75, 3.05) is 24.5 Å². The predicted molar refractivity (Wildman–Crippen MR) is 151 cm³/mol. The molecule has 1 unspecified atom stereocenters. The molecule has 0 radical (unpaired) electrons. The number of fused-ring (bicyclic) bond motifs is 2. The van der Waals surface area contributed by atoms with E-state index in [4.69, 9.17) is 4.74 Å². The third kappa shape index (κ3) is 5.31. The highest BCUT2D eigenvalue weighted by Gasteiger charge is 2.47. The van der Waals surface area contributed by atoms with Crippen LogP contribution in [0.1, 0.15) is 62.8 Å². The van der Waals surface area contributed by atoms with Crippen molar-refractivity contribution in [3.63, 3.8) is 0 Å². The Kier molecular flexibility index (Phi) is 6.89. The molecule has 2 aliphatic rings. The summed E-state index contributed by atoms with van der Waals surface area (Å²) in [4.78, 5) is 18.2. The Balaban J connectivity index is 1.29. The average Bonchev–Trinajstić information content (AvgIpc) is 3.18. The van der Waals surface area contributed by atoms with Crippen LogP contribution in [0, 0.1) is 6.92 Å². The highest BCUT2D eigenvalue weighted by Crippen LogP contribution is 2.48. The zero-order valence-corrected chi connectivity index (χ0v) is 23.0. The molecule has 0 aromatic heterocycles. The van der Waals surface area contributed by atoms with Crippen molar-refractivity contribution in [3.05, 3.63) is 95.1 Å². The van der Waals surface area contributed by atoms with Gasteiger partial charge in [-0.25, -0.2) is 0 Å². The van der Waals surface area contributed by atoms with Gasteiger partial charge in [0.15, 0.2) is 6.10 Å². The van der Waals surface area contributed by atoms with Gasteiger partial charge in [-0.1, -0.05) is 80.9 Å². The molecular weight excluding hydrogens is 456 g/mol. The van der Waals surface area contributed by atoms with Crippen LogP contribution >= 0.6 is 0 Å². The Morgan fingerprint density at radius 3 is 2.30 bits per heavy atom. The molecule has 194 valence electrons. The molecule has 1 amide bonds. The first-order valence-electron chi connectivity index (χ1n) is 13.6. The van der Waals surface area contributed by atoms with E-state index in [9.17, 15) is 4.79 Å². The predicted octanol–water partition coefficient (Wildman–Crippen LogP) is 6.64. The zero-order chi connectivity index (χ0) is 26.2.